The van der Waals surface area contributed by atoms with Gasteiger partial charge in [0.25, 0.3) is 5.91 Å². The van der Waals surface area contributed by atoms with Gasteiger partial charge in [0, 0.05) is 5.69 Å². The third-order valence-corrected chi connectivity index (χ3v) is 3.12. The molecule has 2 N–H and O–H groups in total. The molecule has 2 aromatic carbocycles. The van der Waals surface area contributed by atoms with Crippen molar-refractivity contribution < 1.29 is 4.79 Å². The van der Waals surface area contributed by atoms with E-state index in [-0.39, 0.29) is 12.5 Å². The zero-order valence-corrected chi connectivity index (χ0v) is 12.3. The standard InChI is InChI=1S/C17H19N3O/c1-13-8-6-7-11-16(13)18-12-17(21)20-19-14(2)15-9-4-3-5-10-15/h3-11,18H,12H2,1-2H3,(H,20,21)/b19-14-. The number of rotatable bonds is 5. The first kappa shape index (κ1) is 14.8. The predicted octanol–water partition coefficient (Wildman–Crippen LogP) is 2.95. The lowest BCUT2D eigenvalue weighted by molar-refractivity contribution is -0.119. The zero-order valence-electron chi connectivity index (χ0n) is 12.3. The van der Waals surface area contributed by atoms with Crippen LogP contribution in [0.4, 0.5) is 5.69 Å². The number of hydrogen-bond donors (Lipinski definition) is 2. The van der Waals surface area contributed by atoms with Crippen LogP contribution in [0, 0.1) is 6.92 Å². The zero-order chi connectivity index (χ0) is 15.1. The van der Waals surface area contributed by atoms with E-state index in [0.717, 1.165) is 22.5 Å². The molecule has 0 unspecified atom stereocenters. The van der Waals surface area contributed by atoms with E-state index in [4.69, 9.17) is 0 Å². The van der Waals surface area contributed by atoms with Crippen LogP contribution in [0.1, 0.15) is 18.1 Å². The van der Waals surface area contributed by atoms with Crippen molar-refractivity contribution in [1.29, 1.82) is 0 Å². The molecule has 21 heavy (non-hydrogen) atoms. The van der Waals surface area contributed by atoms with Crippen LogP contribution < -0.4 is 10.7 Å². The van der Waals surface area contributed by atoms with Crippen molar-refractivity contribution in [3.8, 4) is 0 Å². The minimum absolute atomic E-state index is 0.173. The fourth-order valence-electron chi connectivity index (χ4n) is 1.88. The van der Waals surface area contributed by atoms with Crippen molar-refractivity contribution in [2.75, 3.05) is 11.9 Å². The van der Waals surface area contributed by atoms with E-state index < -0.39 is 0 Å². The van der Waals surface area contributed by atoms with E-state index in [0.29, 0.717) is 0 Å². The first-order valence-electron chi connectivity index (χ1n) is 6.85. The molecule has 0 aromatic heterocycles. The van der Waals surface area contributed by atoms with Gasteiger partial charge >= 0.3 is 0 Å². The Morgan fingerprint density at radius 2 is 1.71 bits per heavy atom. The molecular weight excluding hydrogens is 262 g/mol. The second-order valence-corrected chi connectivity index (χ2v) is 4.77. The van der Waals surface area contributed by atoms with Gasteiger partial charge in [0.2, 0.25) is 0 Å². The van der Waals surface area contributed by atoms with Crippen LogP contribution in [0.15, 0.2) is 59.7 Å². The van der Waals surface area contributed by atoms with E-state index in [2.05, 4.69) is 15.8 Å². The highest BCUT2D eigenvalue weighted by atomic mass is 16.2. The van der Waals surface area contributed by atoms with Gasteiger partial charge in [-0.25, -0.2) is 5.43 Å². The molecule has 0 saturated carbocycles. The van der Waals surface area contributed by atoms with Gasteiger partial charge < -0.3 is 5.32 Å². The molecule has 4 nitrogen and oxygen atoms in total. The molecule has 4 heteroatoms. The molecule has 108 valence electrons. The van der Waals surface area contributed by atoms with Crippen molar-refractivity contribution in [3.63, 3.8) is 0 Å². The Bertz CT molecular complexity index is 635. The first-order valence-corrected chi connectivity index (χ1v) is 6.85. The summed E-state index contributed by atoms with van der Waals surface area (Å²) >= 11 is 0. The molecule has 2 rings (SSSR count). The van der Waals surface area contributed by atoms with Gasteiger partial charge in [-0.1, -0.05) is 48.5 Å². The van der Waals surface area contributed by atoms with Gasteiger partial charge in [-0.15, -0.1) is 0 Å². The summed E-state index contributed by atoms with van der Waals surface area (Å²) in [5.74, 6) is -0.173. The van der Waals surface area contributed by atoms with Gasteiger partial charge in [0.05, 0.1) is 12.3 Å². The average molecular weight is 281 g/mol. The first-order chi connectivity index (χ1) is 10.2. The number of para-hydroxylation sites is 1. The van der Waals surface area contributed by atoms with Crippen molar-refractivity contribution in [1.82, 2.24) is 5.43 Å². The molecule has 2 aromatic rings. The van der Waals surface area contributed by atoms with Crippen LogP contribution in [-0.2, 0) is 4.79 Å². The lowest BCUT2D eigenvalue weighted by Crippen LogP contribution is -2.27. The predicted molar refractivity (Wildman–Crippen MR) is 86.5 cm³/mol. The van der Waals surface area contributed by atoms with Gasteiger partial charge in [-0.05, 0) is 31.0 Å². The van der Waals surface area contributed by atoms with Crippen LogP contribution in [0.3, 0.4) is 0 Å². The Morgan fingerprint density at radius 1 is 1.05 bits per heavy atom. The Balaban J connectivity index is 1.87. The summed E-state index contributed by atoms with van der Waals surface area (Å²) in [6, 6.07) is 17.6. The number of hydrazone groups is 1. The fourth-order valence-corrected chi connectivity index (χ4v) is 1.88. The van der Waals surface area contributed by atoms with E-state index in [9.17, 15) is 4.79 Å². The minimum atomic E-state index is -0.173. The Kier molecular flexibility index (Phi) is 5.10. The van der Waals surface area contributed by atoms with Crippen molar-refractivity contribution in [3.05, 3.63) is 65.7 Å². The topological polar surface area (TPSA) is 53.5 Å². The summed E-state index contributed by atoms with van der Waals surface area (Å²) in [6.07, 6.45) is 0. The van der Waals surface area contributed by atoms with Crippen LogP contribution >= 0.6 is 0 Å². The molecule has 0 heterocycles. The summed E-state index contributed by atoms with van der Waals surface area (Å²) in [5.41, 5.74) is 6.39. The molecule has 0 saturated heterocycles. The van der Waals surface area contributed by atoms with E-state index in [1.165, 1.54) is 0 Å². The molecule has 0 aliphatic heterocycles. The number of amides is 1. The maximum Gasteiger partial charge on any atom is 0.259 e. The second kappa shape index (κ2) is 7.24. The number of carbonyl (C=O) groups excluding carboxylic acids is 1. The summed E-state index contributed by atoms with van der Waals surface area (Å²) in [4.78, 5) is 11.8. The lowest BCUT2D eigenvalue weighted by atomic mass is 10.1. The van der Waals surface area contributed by atoms with Crippen molar-refractivity contribution >= 4 is 17.3 Å². The Morgan fingerprint density at radius 3 is 2.43 bits per heavy atom. The van der Waals surface area contributed by atoms with Crippen molar-refractivity contribution in [2.24, 2.45) is 5.10 Å². The Hall–Kier alpha value is -2.62. The van der Waals surface area contributed by atoms with Gasteiger partial charge in [0.15, 0.2) is 0 Å². The van der Waals surface area contributed by atoms with Crippen LogP contribution in [0.25, 0.3) is 0 Å². The van der Waals surface area contributed by atoms with Crippen LogP contribution in [0.2, 0.25) is 0 Å². The molecule has 0 bridgehead atoms. The molecule has 0 spiro atoms. The van der Waals surface area contributed by atoms with Crippen LogP contribution in [0.5, 0.6) is 0 Å². The summed E-state index contributed by atoms with van der Waals surface area (Å²) in [5, 5.41) is 7.20. The maximum atomic E-state index is 11.8. The second-order valence-electron chi connectivity index (χ2n) is 4.77. The maximum absolute atomic E-state index is 11.8. The summed E-state index contributed by atoms with van der Waals surface area (Å²) < 4.78 is 0. The number of nitrogens with one attached hydrogen (secondary N) is 2. The third kappa shape index (κ3) is 4.45. The van der Waals surface area contributed by atoms with E-state index in [1.54, 1.807) is 0 Å². The smallest absolute Gasteiger partial charge is 0.259 e. The lowest BCUT2D eigenvalue weighted by Gasteiger charge is -2.08. The number of carbonyl (C=O) groups is 1. The number of benzene rings is 2. The molecule has 0 atom stereocenters. The molecule has 0 aliphatic rings. The molecule has 0 fully saturated rings. The molecule has 0 aliphatic carbocycles. The Labute approximate surface area is 124 Å². The quantitative estimate of drug-likeness (QED) is 0.654. The van der Waals surface area contributed by atoms with Gasteiger partial charge in [0.1, 0.15) is 0 Å². The van der Waals surface area contributed by atoms with E-state index in [1.807, 2.05) is 68.4 Å². The normalized spacial score (nSPS) is 11.0. The van der Waals surface area contributed by atoms with Gasteiger partial charge in [-0.2, -0.15) is 5.10 Å². The minimum Gasteiger partial charge on any atom is -0.376 e. The fraction of sp³-hybridized carbons (Fsp3) is 0.176. The monoisotopic (exact) mass is 281 g/mol. The number of anilines is 1. The summed E-state index contributed by atoms with van der Waals surface area (Å²) in [7, 11) is 0. The SMILES string of the molecule is C/C(=N/NC(=O)CNc1ccccc1C)c1ccccc1. The van der Waals surface area contributed by atoms with Gasteiger partial charge in [-0.3, -0.25) is 4.79 Å². The number of nitrogens with zero attached hydrogens (tertiary/aromatic N) is 1. The summed E-state index contributed by atoms with van der Waals surface area (Å²) in [6.45, 7) is 4.05. The number of aryl methyl sites for hydroxylation is 1. The van der Waals surface area contributed by atoms with Crippen molar-refractivity contribution in [2.45, 2.75) is 13.8 Å². The average Bonchev–Trinajstić information content (AvgIpc) is 2.52. The highest BCUT2D eigenvalue weighted by Crippen LogP contribution is 2.12. The molecule has 1 amide bonds. The highest BCUT2D eigenvalue weighted by molar-refractivity contribution is 5.99. The molecular formula is C17H19N3O. The largest absolute Gasteiger partial charge is 0.376 e. The highest BCUT2D eigenvalue weighted by Gasteiger charge is 2.02. The van der Waals surface area contributed by atoms with Crippen LogP contribution in [-0.4, -0.2) is 18.2 Å². The van der Waals surface area contributed by atoms with E-state index >= 15 is 0 Å². The number of hydrogen-bond acceptors (Lipinski definition) is 3. The molecule has 0 radical (unpaired) electrons. The third-order valence-electron chi connectivity index (χ3n) is 3.12.